The molecule has 0 saturated carbocycles. The van der Waals surface area contributed by atoms with Crippen molar-refractivity contribution in [3.8, 4) is 23.5 Å². The van der Waals surface area contributed by atoms with Gasteiger partial charge in [0, 0.05) is 17.7 Å². The summed E-state index contributed by atoms with van der Waals surface area (Å²) in [5.74, 6) is 1.04. The molecule has 0 aliphatic heterocycles. The van der Waals surface area contributed by atoms with Crippen LogP contribution in [-0.4, -0.2) is 35.3 Å². The smallest absolute Gasteiger partial charge is 0.328 e. The number of hydrogen-bond donors (Lipinski definition) is 1. The van der Waals surface area contributed by atoms with Gasteiger partial charge in [0.15, 0.2) is 0 Å². The number of hydrazone groups is 1. The van der Waals surface area contributed by atoms with Gasteiger partial charge in [0.2, 0.25) is 11.8 Å². The van der Waals surface area contributed by atoms with Crippen LogP contribution >= 0.6 is 0 Å². The Hall–Kier alpha value is -4.21. The van der Waals surface area contributed by atoms with Crippen molar-refractivity contribution in [1.29, 1.82) is 0 Å². The van der Waals surface area contributed by atoms with E-state index in [1.54, 1.807) is 30.3 Å². The Kier molecular flexibility index (Phi) is 6.15. The molecule has 1 N–H and O–H groups in total. The number of nitrogens with one attached hydrogen (secondary N) is 1. The first-order valence-electron chi connectivity index (χ1n) is 8.36. The summed E-state index contributed by atoms with van der Waals surface area (Å²) in [6, 6.07) is 14.7. The summed E-state index contributed by atoms with van der Waals surface area (Å²) in [5, 5.41) is 15.0. The van der Waals surface area contributed by atoms with Crippen molar-refractivity contribution in [3.05, 3.63) is 70.3 Å². The second-order valence-electron chi connectivity index (χ2n) is 5.55. The maximum Gasteiger partial charge on any atom is 0.328 e. The summed E-state index contributed by atoms with van der Waals surface area (Å²) >= 11 is 0. The molecule has 3 aromatic rings. The van der Waals surface area contributed by atoms with Crippen LogP contribution in [0.4, 0.5) is 11.4 Å². The van der Waals surface area contributed by atoms with Gasteiger partial charge in [-0.15, -0.1) is 0 Å². The monoisotopic (exact) mass is 395 g/mol. The summed E-state index contributed by atoms with van der Waals surface area (Å²) in [4.78, 5) is 18.6. The van der Waals surface area contributed by atoms with Gasteiger partial charge in [-0.3, -0.25) is 15.5 Å². The molecular weight excluding hydrogens is 378 g/mol. The predicted molar refractivity (Wildman–Crippen MR) is 106 cm³/mol. The molecule has 1 aromatic heterocycles. The van der Waals surface area contributed by atoms with E-state index in [4.69, 9.17) is 14.2 Å². The van der Waals surface area contributed by atoms with Gasteiger partial charge in [0.05, 0.1) is 37.1 Å². The van der Waals surface area contributed by atoms with Gasteiger partial charge in [-0.05, 0) is 18.2 Å². The molecule has 0 radical (unpaired) electrons. The van der Waals surface area contributed by atoms with E-state index >= 15 is 0 Å². The number of non-ortho nitro benzene ring substituents is 1. The lowest BCUT2D eigenvalue weighted by molar-refractivity contribution is -0.384. The van der Waals surface area contributed by atoms with Crippen LogP contribution in [0.25, 0.3) is 0 Å². The van der Waals surface area contributed by atoms with Crippen molar-refractivity contribution in [2.24, 2.45) is 5.10 Å². The van der Waals surface area contributed by atoms with Crippen molar-refractivity contribution in [2.75, 3.05) is 19.6 Å². The summed E-state index contributed by atoms with van der Waals surface area (Å²) in [5.41, 5.74) is 3.84. The molecular formula is C19H17N5O5. The minimum Gasteiger partial charge on any atom is -0.481 e. The van der Waals surface area contributed by atoms with E-state index in [0.29, 0.717) is 28.8 Å². The number of rotatable bonds is 8. The van der Waals surface area contributed by atoms with E-state index in [1.807, 2.05) is 6.07 Å². The number of methoxy groups -OCH3 is 2. The number of benzene rings is 2. The second kappa shape index (κ2) is 9.13. The molecule has 0 spiro atoms. The standard InChI is InChI=1S/C19H17N5O5/c1-27-17-11-18(28-2)22-19(21-17)29-16-9-4-3-6-13(16)12-20-23-14-7-5-8-15(10-14)24(25)26/h3-12,23H,1-2H3. The van der Waals surface area contributed by atoms with Gasteiger partial charge in [-0.1, -0.05) is 18.2 Å². The van der Waals surface area contributed by atoms with Crippen LogP contribution < -0.4 is 19.6 Å². The van der Waals surface area contributed by atoms with Crippen molar-refractivity contribution < 1.29 is 19.1 Å². The fourth-order valence-electron chi connectivity index (χ4n) is 2.28. The van der Waals surface area contributed by atoms with Gasteiger partial charge >= 0.3 is 6.01 Å². The molecule has 10 nitrogen and oxygen atoms in total. The Balaban J connectivity index is 1.78. The number of para-hydroxylation sites is 1. The molecule has 0 saturated heterocycles. The van der Waals surface area contributed by atoms with E-state index in [0.717, 1.165) is 0 Å². The van der Waals surface area contributed by atoms with E-state index in [-0.39, 0.29) is 11.7 Å². The molecule has 0 bridgehead atoms. The predicted octanol–water partition coefficient (Wildman–Crippen LogP) is 3.64. The van der Waals surface area contributed by atoms with Crippen LogP contribution in [0.5, 0.6) is 23.5 Å². The quantitative estimate of drug-likeness (QED) is 0.349. The Morgan fingerprint density at radius 2 is 1.76 bits per heavy atom. The van der Waals surface area contributed by atoms with Crippen molar-refractivity contribution in [2.45, 2.75) is 0 Å². The van der Waals surface area contributed by atoms with Crippen molar-refractivity contribution in [1.82, 2.24) is 9.97 Å². The largest absolute Gasteiger partial charge is 0.481 e. The summed E-state index contributed by atoms with van der Waals surface area (Å²) in [7, 11) is 2.96. The summed E-state index contributed by atoms with van der Waals surface area (Å²) in [6.45, 7) is 0. The summed E-state index contributed by atoms with van der Waals surface area (Å²) in [6.07, 6.45) is 1.52. The number of nitrogens with zero attached hydrogens (tertiary/aromatic N) is 4. The van der Waals surface area contributed by atoms with Gasteiger partial charge in [0.25, 0.3) is 5.69 Å². The molecule has 2 aromatic carbocycles. The molecule has 0 aliphatic rings. The van der Waals surface area contributed by atoms with Crippen LogP contribution in [0.2, 0.25) is 0 Å². The third kappa shape index (κ3) is 5.16. The maximum atomic E-state index is 10.9. The Labute approximate surface area is 165 Å². The van der Waals surface area contributed by atoms with E-state index in [9.17, 15) is 10.1 Å². The average Bonchev–Trinajstić information content (AvgIpc) is 2.74. The Morgan fingerprint density at radius 3 is 2.45 bits per heavy atom. The van der Waals surface area contributed by atoms with E-state index in [2.05, 4.69) is 20.5 Å². The number of ether oxygens (including phenoxy) is 3. The molecule has 1 heterocycles. The molecule has 3 rings (SSSR count). The van der Waals surface area contributed by atoms with Crippen molar-refractivity contribution >= 4 is 17.6 Å². The molecule has 0 aliphatic carbocycles. The average molecular weight is 395 g/mol. The maximum absolute atomic E-state index is 10.9. The minimum atomic E-state index is -0.472. The third-order valence-electron chi connectivity index (χ3n) is 3.65. The van der Waals surface area contributed by atoms with E-state index < -0.39 is 4.92 Å². The lowest BCUT2D eigenvalue weighted by Gasteiger charge is -2.09. The zero-order chi connectivity index (χ0) is 20.6. The van der Waals surface area contributed by atoms with Crippen LogP contribution in [0, 0.1) is 10.1 Å². The van der Waals surface area contributed by atoms with Crippen molar-refractivity contribution in [3.63, 3.8) is 0 Å². The normalized spacial score (nSPS) is 10.6. The highest BCUT2D eigenvalue weighted by molar-refractivity contribution is 5.84. The number of hydrogen-bond acceptors (Lipinski definition) is 9. The lowest BCUT2D eigenvalue weighted by atomic mass is 10.2. The van der Waals surface area contributed by atoms with Gasteiger partial charge < -0.3 is 14.2 Å². The molecule has 29 heavy (non-hydrogen) atoms. The molecule has 0 fully saturated rings. The van der Waals surface area contributed by atoms with Crippen LogP contribution in [-0.2, 0) is 0 Å². The van der Waals surface area contributed by atoms with Gasteiger partial charge in [0.1, 0.15) is 5.75 Å². The van der Waals surface area contributed by atoms with Crippen LogP contribution in [0.3, 0.4) is 0 Å². The molecule has 0 atom stereocenters. The molecule has 0 amide bonds. The summed E-state index contributed by atoms with van der Waals surface area (Å²) < 4.78 is 16.0. The van der Waals surface area contributed by atoms with Crippen LogP contribution in [0.15, 0.2) is 59.7 Å². The molecule has 0 unspecified atom stereocenters. The fraction of sp³-hybridized carbons (Fsp3) is 0.105. The highest BCUT2D eigenvalue weighted by Gasteiger charge is 2.10. The number of anilines is 1. The first kappa shape index (κ1) is 19.5. The van der Waals surface area contributed by atoms with Gasteiger partial charge in [-0.2, -0.15) is 15.1 Å². The zero-order valence-corrected chi connectivity index (χ0v) is 15.6. The third-order valence-corrected chi connectivity index (χ3v) is 3.65. The second-order valence-corrected chi connectivity index (χ2v) is 5.55. The number of nitro groups is 1. The highest BCUT2D eigenvalue weighted by Crippen LogP contribution is 2.25. The SMILES string of the molecule is COc1cc(OC)nc(Oc2ccccc2C=NNc2cccc([N+](=O)[O-])c2)n1. The van der Waals surface area contributed by atoms with Gasteiger partial charge in [-0.25, -0.2) is 0 Å². The first-order valence-corrected chi connectivity index (χ1v) is 8.36. The first-order chi connectivity index (χ1) is 14.1. The fourth-order valence-corrected chi connectivity index (χ4v) is 2.28. The zero-order valence-electron chi connectivity index (χ0n) is 15.6. The van der Waals surface area contributed by atoms with Crippen LogP contribution in [0.1, 0.15) is 5.56 Å². The molecule has 10 heteroatoms. The number of aromatic nitrogens is 2. The lowest BCUT2D eigenvalue weighted by Crippen LogP contribution is -2.00. The molecule has 148 valence electrons. The Bertz CT molecular complexity index is 1020. The minimum absolute atomic E-state index is 0.0296. The number of nitro benzene ring substituents is 1. The topological polar surface area (TPSA) is 121 Å². The highest BCUT2D eigenvalue weighted by atomic mass is 16.6. The van der Waals surface area contributed by atoms with E-state index in [1.165, 1.54) is 38.6 Å². The Morgan fingerprint density at radius 1 is 1.03 bits per heavy atom.